The van der Waals surface area contributed by atoms with Gasteiger partial charge in [-0.1, -0.05) is 36.4 Å². The Balaban J connectivity index is 1.54. The Hall–Kier alpha value is -2.86. The summed E-state index contributed by atoms with van der Waals surface area (Å²) >= 11 is 0. The first-order valence-corrected chi connectivity index (χ1v) is 9.16. The number of nitrogens with zero attached hydrogens (tertiary/aromatic N) is 1. The number of amides is 2. The summed E-state index contributed by atoms with van der Waals surface area (Å²) < 4.78 is 5.38. The van der Waals surface area contributed by atoms with Gasteiger partial charge < -0.3 is 20.3 Å². The molecule has 6 heteroatoms. The Morgan fingerprint density at radius 1 is 1.00 bits per heavy atom. The van der Waals surface area contributed by atoms with Crippen molar-refractivity contribution < 1.29 is 14.3 Å². The van der Waals surface area contributed by atoms with Crippen LogP contribution >= 0.6 is 0 Å². The maximum Gasteiger partial charge on any atom is 0.233 e. The van der Waals surface area contributed by atoms with Crippen molar-refractivity contribution >= 4 is 23.2 Å². The molecule has 0 bridgehead atoms. The third-order valence-corrected chi connectivity index (χ3v) is 4.59. The van der Waals surface area contributed by atoms with Crippen LogP contribution in [0, 0.1) is 6.92 Å². The number of para-hydroxylation sites is 2. The van der Waals surface area contributed by atoms with E-state index >= 15 is 0 Å². The van der Waals surface area contributed by atoms with Gasteiger partial charge in [0.1, 0.15) is 6.42 Å². The summed E-state index contributed by atoms with van der Waals surface area (Å²) in [4.78, 5) is 26.6. The number of carbonyl (C=O) groups excluding carboxylic acids is 2. The highest BCUT2D eigenvalue weighted by Gasteiger charge is 2.17. The molecule has 2 N–H and O–H groups in total. The van der Waals surface area contributed by atoms with Crippen LogP contribution in [-0.2, 0) is 20.9 Å². The minimum atomic E-state index is -0.321. The van der Waals surface area contributed by atoms with Crippen molar-refractivity contribution in [2.24, 2.45) is 0 Å². The zero-order valence-electron chi connectivity index (χ0n) is 15.5. The van der Waals surface area contributed by atoms with Gasteiger partial charge in [0.2, 0.25) is 11.8 Å². The van der Waals surface area contributed by atoms with Crippen LogP contribution in [0.5, 0.6) is 0 Å². The number of ether oxygens (including phenoxy) is 1. The number of rotatable bonds is 6. The van der Waals surface area contributed by atoms with E-state index in [0.717, 1.165) is 35.6 Å². The third kappa shape index (κ3) is 5.31. The van der Waals surface area contributed by atoms with Crippen LogP contribution in [0.1, 0.15) is 17.5 Å². The second kappa shape index (κ2) is 9.19. The van der Waals surface area contributed by atoms with Gasteiger partial charge >= 0.3 is 0 Å². The fourth-order valence-electron chi connectivity index (χ4n) is 3.06. The van der Waals surface area contributed by atoms with E-state index in [4.69, 9.17) is 4.74 Å². The van der Waals surface area contributed by atoms with E-state index in [1.54, 1.807) is 0 Å². The minimum Gasteiger partial charge on any atom is -0.378 e. The number of aryl methyl sites for hydroxylation is 1. The summed E-state index contributed by atoms with van der Waals surface area (Å²) in [5.41, 5.74) is 3.83. The van der Waals surface area contributed by atoms with E-state index in [2.05, 4.69) is 15.5 Å². The van der Waals surface area contributed by atoms with E-state index in [1.807, 2.05) is 55.5 Å². The number of hydrogen-bond acceptors (Lipinski definition) is 4. The monoisotopic (exact) mass is 367 g/mol. The Kier molecular flexibility index (Phi) is 6.44. The molecule has 0 aromatic heterocycles. The lowest BCUT2D eigenvalue weighted by Gasteiger charge is -2.30. The standard InChI is InChI=1S/C21H25N3O3/c1-16-6-2-3-7-17(16)15-22-20(25)14-21(26)23-18-8-4-5-9-19(18)24-10-12-27-13-11-24/h2-9H,10-15H2,1H3,(H,22,25)(H,23,26). The summed E-state index contributed by atoms with van der Waals surface area (Å²) in [6.45, 7) is 5.32. The Morgan fingerprint density at radius 3 is 2.48 bits per heavy atom. The fourth-order valence-corrected chi connectivity index (χ4v) is 3.06. The first-order chi connectivity index (χ1) is 13.1. The van der Waals surface area contributed by atoms with Crippen molar-refractivity contribution in [3.8, 4) is 0 Å². The van der Waals surface area contributed by atoms with Crippen LogP contribution in [0.3, 0.4) is 0 Å². The Bertz CT molecular complexity index is 801. The van der Waals surface area contributed by atoms with Crippen LogP contribution in [0.2, 0.25) is 0 Å². The van der Waals surface area contributed by atoms with Gasteiger partial charge in [-0.3, -0.25) is 9.59 Å². The van der Waals surface area contributed by atoms with E-state index in [9.17, 15) is 9.59 Å². The number of hydrogen-bond donors (Lipinski definition) is 2. The molecule has 0 saturated carbocycles. The molecule has 0 spiro atoms. The van der Waals surface area contributed by atoms with Gasteiger partial charge in [0.05, 0.1) is 24.6 Å². The van der Waals surface area contributed by atoms with Crippen LogP contribution in [0.15, 0.2) is 48.5 Å². The third-order valence-electron chi connectivity index (χ3n) is 4.59. The van der Waals surface area contributed by atoms with Crippen molar-refractivity contribution in [1.82, 2.24) is 5.32 Å². The molecule has 0 radical (unpaired) electrons. The van der Waals surface area contributed by atoms with Crippen molar-refractivity contribution in [2.45, 2.75) is 19.9 Å². The number of anilines is 2. The zero-order valence-corrected chi connectivity index (χ0v) is 15.5. The summed E-state index contributed by atoms with van der Waals surface area (Å²) in [5, 5.41) is 5.67. The summed E-state index contributed by atoms with van der Waals surface area (Å²) in [5.74, 6) is -0.613. The molecule has 1 aliphatic rings. The van der Waals surface area contributed by atoms with Gasteiger partial charge in [0.15, 0.2) is 0 Å². The molecule has 0 atom stereocenters. The van der Waals surface area contributed by atoms with E-state index in [1.165, 1.54) is 0 Å². The van der Waals surface area contributed by atoms with Crippen LogP contribution in [-0.4, -0.2) is 38.1 Å². The fraction of sp³-hybridized carbons (Fsp3) is 0.333. The van der Waals surface area contributed by atoms with Crippen LogP contribution in [0.25, 0.3) is 0 Å². The number of nitrogens with one attached hydrogen (secondary N) is 2. The largest absolute Gasteiger partial charge is 0.378 e. The van der Waals surface area contributed by atoms with Gasteiger partial charge in [-0.2, -0.15) is 0 Å². The molecule has 3 rings (SSSR count). The van der Waals surface area contributed by atoms with Crippen molar-refractivity contribution in [3.63, 3.8) is 0 Å². The summed E-state index contributed by atoms with van der Waals surface area (Å²) in [6, 6.07) is 15.5. The van der Waals surface area contributed by atoms with Gasteiger partial charge in [0.25, 0.3) is 0 Å². The van der Waals surface area contributed by atoms with E-state index in [0.29, 0.717) is 19.8 Å². The Labute approximate surface area is 159 Å². The molecular weight excluding hydrogens is 342 g/mol. The predicted molar refractivity (Wildman–Crippen MR) is 106 cm³/mol. The van der Waals surface area contributed by atoms with Gasteiger partial charge in [-0.05, 0) is 30.2 Å². The zero-order chi connectivity index (χ0) is 19.1. The normalized spacial score (nSPS) is 13.9. The molecular formula is C21H25N3O3. The molecule has 2 aromatic carbocycles. The molecule has 27 heavy (non-hydrogen) atoms. The van der Waals surface area contributed by atoms with Gasteiger partial charge in [-0.25, -0.2) is 0 Å². The topological polar surface area (TPSA) is 70.7 Å². The first-order valence-electron chi connectivity index (χ1n) is 9.16. The molecule has 6 nitrogen and oxygen atoms in total. The highest BCUT2D eigenvalue weighted by molar-refractivity contribution is 6.04. The highest BCUT2D eigenvalue weighted by Crippen LogP contribution is 2.26. The van der Waals surface area contributed by atoms with Crippen molar-refractivity contribution in [3.05, 3.63) is 59.7 Å². The van der Waals surface area contributed by atoms with Gasteiger partial charge in [-0.15, -0.1) is 0 Å². The SMILES string of the molecule is Cc1ccccc1CNC(=O)CC(=O)Nc1ccccc1N1CCOCC1. The van der Waals surface area contributed by atoms with Crippen molar-refractivity contribution in [1.29, 1.82) is 0 Å². The lowest BCUT2D eigenvalue weighted by molar-refractivity contribution is -0.126. The van der Waals surface area contributed by atoms with E-state index < -0.39 is 0 Å². The first kappa shape index (κ1) is 18.9. The quantitative estimate of drug-likeness (QED) is 0.770. The lowest BCUT2D eigenvalue weighted by atomic mass is 10.1. The van der Waals surface area contributed by atoms with Crippen molar-refractivity contribution in [2.75, 3.05) is 36.5 Å². The van der Waals surface area contributed by atoms with Crippen LogP contribution < -0.4 is 15.5 Å². The minimum absolute atomic E-state index is 0.205. The smallest absolute Gasteiger partial charge is 0.233 e. The molecule has 2 aromatic rings. The lowest BCUT2D eigenvalue weighted by Crippen LogP contribution is -2.37. The molecule has 1 fully saturated rings. The summed E-state index contributed by atoms with van der Waals surface area (Å²) in [6.07, 6.45) is -0.205. The maximum absolute atomic E-state index is 12.3. The average Bonchev–Trinajstić information content (AvgIpc) is 2.68. The second-order valence-electron chi connectivity index (χ2n) is 6.54. The molecule has 0 aliphatic carbocycles. The molecule has 1 heterocycles. The second-order valence-corrected chi connectivity index (χ2v) is 6.54. The molecule has 2 amide bonds. The molecule has 1 aliphatic heterocycles. The molecule has 0 unspecified atom stereocenters. The highest BCUT2D eigenvalue weighted by atomic mass is 16.5. The number of morpholine rings is 1. The molecule has 1 saturated heterocycles. The average molecular weight is 367 g/mol. The van der Waals surface area contributed by atoms with Crippen LogP contribution in [0.4, 0.5) is 11.4 Å². The molecule has 142 valence electrons. The number of carbonyl (C=O) groups is 2. The summed E-state index contributed by atoms with van der Waals surface area (Å²) in [7, 11) is 0. The predicted octanol–water partition coefficient (Wildman–Crippen LogP) is 2.48. The Morgan fingerprint density at radius 2 is 1.70 bits per heavy atom. The maximum atomic E-state index is 12.3. The van der Waals surface area contributed by atoms with E-state index in [-0.39, 0.29) is 18.2 Å². The van der Waals surface area contributed by atoms with Gasteiger partial charge in [0, 0.05) is 19.6 Å². The number of benzene rings is 2.